The fourth-order valence-electron chi connectivity index (χ4n) is 1.93. The number of alkyl halides is 3. The Morgan fingerprint density at radius 1 is 1.45 bits per heavy atom. The van der Waals surface area contributed by atoms with Crippen LogP contribution in [0.15, 0.2) is 23.2 Å². The first kappa shape index (κ1) is 15.5. The zero-order chi connectivity index (χ0) is 14.8. The summed E-state index contributed by atoms with van der Waals surface area (Å²) in [7, 11) is 0. The van der Waals surface area contributed by atoms with Crippen molar-refractivity contribution < 1.29 is 13.2 Å². The van der Waals surface area contributed by atoms with Crippen molar-refractivity contribution in [1.29, 1.82) is 0 Å². The third kappa shape index (κ3) is 3.82. The van der Waals surface area contributed by atoms with Gasteiger partial charge in [-0.1, -0.05) is 36.7 Å². The minimum atomic E-state index is -4.44. The number of thioether (sulfide) groups is 1. The van der Waals surface area contributed by atoms with Crippen LogP contribution >= 0.6 is 23.4 Å². The number of amidine groups is 1. The quantitative estimate of drug-likeness (QED) is 0.842. The molecular formula is C13H14ClF3N2S. The van der Waals surface area contributed by atoms with Gasteiger partial charge in [-0.2, -0.15) is 13.2 Å². The third-order valence-corrected chi connectivity index (χ3v) is 4.26. The fraction of sp³-hybridized carbons (Fsp3) is 0.462. The Labute approximate surface area is 124 Å². The molecule has 0 amide bonds. The van der Waals surface area contributed by atoms with E-state index < -0.39 is 11.7 Å². The Bertz CT molecular complexity index is 517. The van der Waals surface area contributed by atoms with Crippen LogP contribution in [0.25, 0.3) is 0 Å². The largest absolute Gasteiger partial charge is 0.418 e. The first-order valence-electron chi connectivity index (χ1n) is 6.25. The average Bonchev–Trinajstić information content (AvgIpc) is 2.78. The second-order valence-electron chi connectivity index (χ2n) is 4.49. The SMILES string of the molecule is CCCC1CN=C(Nc2ccc(Cl)cc2C(F)(F)F)S1. The van der Waals surface area contributed by atoms with Crippen molar-refractivity contribution in [3.63, 3.8) is 0 Å². The molecule has 0 saturated heterocycles. The van der Waals surface area contributed by atoms with Gasteiger partial charge in [0.15, 0.2) is 5.17 Å². The van der Waals surface area contributed by atoms with Crippen molar-refractivity contribution in [3.8, 4) is 0 Å². The molecule has 7 heteroatoms. The number of benzene rings is 1. The van der Waals surface area contributed by atoms with Crippen molar-refractivity contribution in [2.24, 2.45) is 4.99 Å². The Morgan fingerprint density at radius 2 is 2.20 bits per heavy atom. The molecule has 0 radical (unpaired) electrons. The van der Waals surface area contributed by atoms with Crippen LogP contribution in [-0.4, -0.2) is 17.0 Å². The van der Waals surface area contributed by atoms with E-state index in [0.717, 1.165) is 18.9 Å². The van der Waals surface area contributed by atoms with Crippen molar-refractivity contribution in [2.45, 2.75) is 31.2 Å². The van der Waals surface area contributed by atoms with E-state index in [1.165, 1.54) is 23.9 Å². The molecule has 1 N–H and O–H groups in total. The highest BCUT2D eigenvalue weighted by molar-refractivity contribution is 8.15. The lowest BCUT2D eigenvalue weighted by Gasteiger charge is -2.15. The molecule has 0 bridgehead atoms. The van der Waals surface area contributed by atoms with E-state index in [0.29, 0.717) is 17.0 Å². The number of nitrogens with zero attached hydrogens (tertiary/aromatic N) is 1. The summed E-state index contributed by atoms with van der Waals surface area (Å²) in [5.41, 5.74) is -0.780. The maximum absolute atomic E-state index is 13.0. The topological polar surface area (TPSA) is 24.4 Å². The van der Waals surface area contributed by atoms with E-state index in [-0.39, 0.29) is 10.7 Å². The molecule has 1 aromatic rings. The Kier molecular flexibility index (Phi) is 4.86. The van der Waals surface area contributed by atoms with Crippen LogP contribution in [0.2, 0.25) is 5.02 Å². The Hall–Kier alpha value is -0.880. The van der Waals surface area contributed by atoms with Gasteiger partial charge >= 0.3 is 6.18 Å². The maximum Gasteiger partial charge on any atom is 0.418 e. The fourth-order valence-corrected chi connectivity index (χ4v) is 3.24. The zero-order valence-corrected chi connectivity index (χ0v) is 12.4. The first-order chi connectivity index (χ1) is 9.40. The molecule has 1 aliphatic heterocycles. The van der Waals surface area contributed by atoms with E-state index in [1.54, 1.807) is 0 Å². The van der Waals surface area contributed by atoms with E-state index in [9.17, 15) is 13.2 Å². The van der Waals surface area contributed by atoms with E-state index in [4.69, 9.17) is 11.6 Å². The molecule has 20 heavy (non-hydrogen) atoms. The third-order valence-electron chi connectivity index (χ3n) is 2.86. The van der Waals surface area contributed by atoms with Gasteiger partial charge in [0.2, 0.25) is 0 Å². The molecule has 1 unspecified atom stereocenters. The summed E-state index contributed by atoms with van der Waals surface area (Å²) in [6.07, 6.45) is -2.40. The number of hydrogen-bond donors (Lipinski definition) is 1. The lowest BCUT2D eigenvalue weighted by molar-refractivity contribution is -0.136. The van der Waals surface area contributed by atoms with Crippen molar-refractivity contribution in [2.75, 3.05) is 11.9 Å². The van der Waals surface area contributed by atoms with Gasteiger partial charge in [-0.05, 0) is 24.6 Å². The number of aliphatic imine (C=N–C) groups is 1. The molecular weight excluding hydrogens is 309 g/mol. The van der Waals surface area contributed by atoms with Crippen molar-refractivity contribution >= 4 is 34.2 Å². The summed E-state index contributed by atoms with van der Waals surface area (Å²) >= 11 is 7.13. The van der Waals surface area contributed by atoms with Crippen LogP contribution in [0.5, 0.6) is 0 Å². The van der Waals surface area contributed by atoms with E-state index >= 15 is 0 Å². The molecule has 1 aromatic carbocycles. The van der Waals surface area contributed by atoms with Gasteiger partial charge in [-0.3, -0.25) is 4.99 Å². The monoisotopic (exact) mass is 322 g/mol. The molecule has 1 atom stereocenters. The van der Waals surface area contributed by atoms with E-state index in [1.807, 2.05) is 0 Å². The van der Waals surface area contributed by atoms with Gasteiger partial charge in [0, 0.05) is 10.3 Å². The molecule has 2 rings (SSSR count). The predicted octanol–water partition coefficient (Wildman–Crippen LogP) is 5.04. The number of rotatable bonds is 3. The van der Waals surface area contributed by atoms with Gasteiger partial charge in [0.1, 0.15) is 0 Å². The Balaban J connectivity index is 2.15. The Morgan fingerprint density at radius 3 is 2.85 bits per heavy atom. The van der Waals surface area contributed by atoms with Crippen LogP contribution in [0.4, 0.5) is 18.9 Å². The number of halogens is 4. The number of hydrogen-bond acceptors (Lipinski definition) is 3. The summed E-state index contributed by atoms with van der Waals surface area (Å²) in [6, 6.07) is 3.69. The van der Waals surface area contributed by atoms with Crippen molar-refractivity contribution in [3.05, 3.63) is 28.8 Å². The maximum atomic E-state index is 13.0. The summed E-state index contributed by atoms with van der Waals surface area (Å²) in [5, 5.41) is 3.72. The highest BCUT2D eigenvalue weighted by Crippen LogP contribution is 2.37. The van der Waals surface area contributed by atoms with Crippen LogP contribution in [0, 0.1) is 0 Å². The lowest BCUT2D eigenvalue weighted by Crippen LogP contribution is -2.14. The molecule has 110 valence electrons. The second-order valence-corrected chi connectivity index (χ2v) is 6.21. The summed E-state index contributed by atoms with van der Waals surface area (Å²) in [4.78, 5) is 4.24. The molecule has 1 aliphatic rings. The lowest BCUT2D eigenvalue weighted by atomic mass is 10.1. The average molecular weight is 323 g/mol. The summed E-state index contributed by atoms with van der Waals surface area (Å²) < 4.78 is 38.9. The normalized spacial score (nSPS) is 19.1. The molecule has 0 fully saturated rings. The van der Waals surface area contributed by atoms with Crippen molar-refractivity contribution in [1.82, 2.24) is 0 Å². The predicted molar refractivity (Wildman–Crippen MR) is 78.7 cm³/mol. The summed E-state index contributed by atoms with van der Waals surface area (Å²) in [6.45, 7) is 2.72. The second kappa shape index (κ2) is 6.26. The first-order valence-corrected chi connectivity index (χ1v) is 7.50. The van der Waals surface area contributed by atoms with Gasteiger partial charge in [0.05, 0.1) is 17.8 Å². The van der Waals surface area contributed by atoms with Crippen LogP contribution in [0.1, 0.15) is 25.3 Å². The molecule has 0 saturated carbocycles. The molecule has 0 spiro atoms. The van der Waals surface area contributed by atoms with Gasteiger partial charge < -0.3 is 5.32 Å². The molecule has 2 nitrogen and oxygen atoms in total. The minimum absolute atomic E-state index is 0.00898. The minimum Gasteiger partial charge on any atom is -0.334 e. The van der Waals surface area contributed by atoms with Crippen LogP contribution in [-0.2, 0) is 6.18 Å². The number of anilines is 1. The van der Waals surface area contributed by atoms with Gasteiger partial charge in [0.25, 0.3) is 0 Å². The standard InChI is InChI=1S/C13H14ClF3N2S/c1-2-3-9-7-18-12(20-9)19-11-5-4-8(14)6-10(11)13(15,16)17/h4-6,9H,2-3,7H2,1H3,(H,18,19). The highest BCUT2D eigenvalue weighted by atomic mass is 35.5. The van der Waals surface area contributed by atoms with Gasteiger partial charge in [-0.25, -0.2) is 0 Å². The number of nitrogens with one attached hydrogen (secondary N) is 1. The highest BCUT2D eigenvalue weighted by Gasteiger charge is 2.34. The molecule has 0 aliphatic carbocycles. The van der Waals surface area contributed by atoms with Crippen LogP contribution in [0.3, 0.4) is 0 Å². The van der Waals surface area contributed by atoms with E-state index in [2.05, 4.69) is 17.2 Å². The summed E-state index contributed by atoms with van der Waals surface area (Å²) in [5.74, 6) is 0. The molecule has 1 heterocycles. The molecule has 0 aromatic heterocycles. The van der Waals surface area contributed by atoms with Crippen LogP contribution < -0.4 is 5.32 Å². The van der Waals surface area contributed by atoms with Gasteiger partial charge in [-0.15, -0.1) is 0 Å². The zero-order valence-electron chi connectivity index (χ0n) is 10.8. The smallest absolute Gasteiger partial charge is 0.334 e.